The molecule has 2 rings (SSSR count). The molecule has 152 valence electrons. The lowest BCUT2D eigenvalue weighted by molar-refractivity contribution is 0.185. The number of hydrogen-bond donors (Lipinski definition) is 2. The van der Waals surface area contributed by atoms with Gasteiger partial charge in [0.05, 0.1) is 18.0 Å². The van der Waals surface area contributed by atoms with Crippen LogP contribution in [0.1, 0.15) is 23.6 Å². The van der Waals surface area contributed by atoms with Crippen LogP contribution >= 0.6 is 0 Å². The van der Waals surface area contributed by atoms with Crippen molar-refractivity contribution in [1.82, 2.24) is 10.6 Å². The maximum absolute atomic E-state index is 11.5. The fraction of sp³-hybridized carbons (Fsp3) is 0.381. The van der Waals surface area contributed by atoms with E-state index in [1.54, 1.807) is 19.2 Å². The molecule has 28 heavy (non-hydrogen) atoms. The minimum absolute atomic E-state index is 0.343. The predicted molar refractivity (Wildman–Crippen MR) is 113 cm³/mol. The summed E-state index contributed by atoms with van der Waals surface area (Å²) in [7, 11) is -1.47. The largest absolute Gasteiger partial charge is 0.380 e. The Morgan fingerprint density at radius 2 is 1.57 bits per heavy atom. The van der Waals surface area contributed by atoms with Crippen LogP contribution in [0.5, 0.6) is 0 Å². The molecule has 0 aliphatic carbocycles. The molecule has 0 spiro atoms. The first kappa shape index (κ1) is 21.9. The lowest BCUT2D eigenvalue weighted by atomic mass is 10.1. The average molecular weight is 404 g/mol. The van der Waals surface area contributed by atoms with E-state index < -0.39 is 9.84 Å². The van der Waals surface area contributed by atoms with Crippen LogP contribution in [-0.2, 0) is 34.1 Å². The van der Waals surface area contributed by atoms with Crippen molar-refractivity contribution in [3.8, 4) is 0 Å². The molecule has 0 fully saturated rings. The fourth-order valence-electron chi connectivity index (χ4n) is 2.65. The highest BCUT2D eigenvalue weighted by Gasteiger charge is 2.06. The quantitative estimate of drug-likeness (QED) is 0.497. The first-order valence-corrected chi connectivity index (χ1v) is 11.2. The molecule has 0 aliphatic heterocycles. The predicted octanol–water partition coefficient (Wildman–Crippen LogP) is 2.53. The normalized spacial score (nSPS) is 12.0. The number of sulfone groups is 1. The van der Waals surface area contributed by atoms with E-state index in [4.69, 9.17) is 4.74 Å². The average Bonchev–Trinajstić information content (AvgIpc) is 2.67. The van der Waals surface area contributed by atoms with Crippen molar-refractivity contribution in [2.24, 2.45) is 4.99 Å². The maximum Gasteiger partial charge on any atom is 0.191 e. The van der Waals surface area contributed by atoms with E-state index in [9.17, 15) is 8.42 Å². The summed E-state index contributed by atoms with van der Waals surface area (Å²) in [6.45, 7) is 4.71. The number of ether oxygens (including phenoxy) is 1. The van der Waals surface area contributed by atoms with E-state index in [0.717, 1.165) is 35.6 Å². The summed E-state index contributed by atoms with van der Waals surface area (Å²) in [5.41, 5.74) is 3.35. The van der Waals surface area contributed by atoms with Crippen LogP contribution in [0.4, 0.5) is 0 Å². The highest BCUT2D eigenvalue weighted by molar-refractivity contribution is 7.90. The number of rotatable bonds is 9. The highest BCUT2D eigenvalue weighted by Crippen LogP contribution is 2.10. The van der Waals surface area contributed by atoms with Gasteiger partial charge in [-0.3, -0.25) is 0 Å². The van der Waals surface area contributed by atoms with E-state index in [1.165, 1.54) is 6.26 Å². The SMILES string of the molecule is CCNC(=NCc1ccc(COC)cc1)NCCc1ccc(S(C)(=O)=O)cc1. The molecule has 0 unspecified atom stereocenters. The van der Waals surface area contributed by atoms with Gasteiger partial charge in [-0.2, -0.15) is 0 Å². The van der Waals surface area contributed by atoms with Crippen LogP contribution in [0.15, 0.2) is 58.4 Å². The van der Waals surface area contributed by atoms with Crippen molar-refractivity contribution in [1.29, 1.82) is 0 Å². The van der Waals surface area contributed by atoms with Gasteiger partial charge in [0.15, 0.2) is 15.8 Å². The Morgan fingerprint density at radius 3 is 2.14 bits per heavy atom. The minimum atomic E-state index is -3.15. The van der Waals surface area contributed by atoms with Gasteiger partial charge in [-0.1, -0.05) is 36.4 Å². The van der Waals surface area contributed by atoms with Crippen molar-refractivity contribution >= 4 is 15.8 Å². The molecule has 0 bridgehead atoms. The van der Waals surface area contributed by atoms with Crippen LogP contribution in [0.25, 0.3) is 0 Å². The summed E-state index contributed by atoms with van der Waals surface area (Å²) in [6.07, 6.45) is 1.99. The lowest BCUT2D eigenvalue weighted by Crippen LogP contribution is -2.38. The Balaban J connectivity index is 1.88. The molecule has 0 amide bonds. The number of hydrogen-bond acceptors (Lipinski definition) is 4. The number of nitrogens with one attached hydrogen (secondary N) is 2. The Labute approximate surface area is 168 Å². The van der Waals surface area contributed by atoms with Crippen molar-refractivity contribution in [2.45, 2.75) is 31.4 Å². The first-order chi connectivity index (χ1) is 13.4. The fourth-order valence-corrected chi connectivity index (χ4v) is 3.28. The second-order valence-electron chi connectivity index (χ2n) is 6.54. The zero-order valence-electron chi connectivity index (χ0n) is 16.7. The summed E-state index contributed by atoms with van der Waals surface area (Å²) in [5, 5.41) is 6.56. The molecule has 7 heteroatoms. The van der Waals surface area contributed by atoms with E-state index >= 15 is 0 Å². The molecule has 0 atom stereocenters. The molecule has 0 saturated heterocycles. The molecular weight excluding hydrogens is 374 g/mol. The summed E-state index contributed by atoms with van der Waals surface area (Å²) in [5.74, 6) is 0.760. The van der Waals surface area contributed by atoms with Crippen molar-refractivity contribution in [3.63, 3.8) is 0 Å². The van der Waals surface area contributed by atoms with Gasteiger partial charge in [-0.05, 0) is 42.2 Å². The molecule has 0 saturated carbocycles. The Kier molecular flexibility index (Phi) is 8.47. The zero-order valence-corrected chi connectivity index (χ0v) is 17.6. The van der Waals surface area contributed by atoms with Crippen LogP contribution < -0.4 is 10.6 Å². The Hall–Kier alpha value is -2.38. The monoisotopic (exact) mass is 403 g/mol. The van der Waals surface area contributed by atoms with Crippen molar-refractivity contribution < 1.29 is 13.2 Å². The van der Waals surface area contributed by atoms with Crippen LogP contribution in [0.3, 0.4) is 0 Å². The van der Waals surface area contributed by atoms with Gasteiger partial charge in [0.1, 0.15) is 0 Å². The number of aliphatic imine (C=N–C) groups is 1. The summed E-state index contributed by atoms with van der Waals surface area (Å²) < 4.78 is 28.2. The van der Waals surface area contributed by atoms with Crippen LogP contribution in [0, 0.1) is 0 Å². The van der Waals surface area contributed by atoms with Gasteiger partial charge in [0, 0.05) is 26.5 Å². The molecule has 6 nitrogen and oxygen atoms in total. The molecule has 0 aromatic heterocycles. The second-order valence-corrected chi connectivity index (χ2v) is 8.55. The summed E-state index contributed by atoms with van der Waals surface area (Å²) in [4.78, 5) is 4.96. The molecule has 0 radical (unpaired) electrons. The van der Waals surface area contributed by atoms with E-state index in [1.807, 2.05) is 19.1 Å². The van der Waals surface area contributed by atoms with Gasteiger partial charge in [0.2, 0.25) is 0 Å². The van der Waals surface area contributed by atoms with Gasteiger partial charge in [-0.15, -0.1) is 0 Å². The van der Waals surface area contributed by atoms with Gasteiger partial charge >= 0.3 is 0 Å². The van der Waals surface area contributed by atoms with Gasteiger partial charge < -0.3 is 15.4 Å². The Morgan fingerprint density at radius 1 is 0.964 bits per heavy atom. The lowest BCUT2D eigenvalue weighted by Gasteiger charge is -2.11. The van der Waals surface area contributed by atoms with Crippen molar-refractivity contribution in [3.05, 3.63) is 65.2 Å². The third-order valence-electron chi connectivity index (χ3n) is 4.16. The zero-order chi connectivity index (χ0) is 20.4. The molecule has 2 aromatic carbocycles. The number of nitrogens with zero attached hydrogens (tertiary/aromatic N) is 1. The van der Waals surface area contributed by atoms with Gasteiger partial charge in [0.25, 0.3) is 0 Å². The van der Waals surface area contributed by atoms with E-state index in [0.29, 0.717) is 24.6 Å². The third kappa shape index (κ3) is 7.32. The third-order valence-corrected chi connectivity index (χ3v) is 5.28. The molecule has 0 heterocycles. The highest BCUT2D eigenvalue weighted by atomic mass is 32.2. The molecular formula is C21H29N3O3S. The van der Waals surface area contributed by atoms with Gasteiger partial charge in [-0.25, -0.2) is 13.4 Å². The number of methoxy groups -OCH3 is 1. The summed E-state index contributed by atoms with van der Waals surface area (Å²) in [6, 6.07) is 15.2. The first-order valence-electron chi connectivity index (χ1n) is 9.30. The molecule has 2 aromatic rings. The maximum atomic E-state index is 11.5. The minimum Gasteiger partial charge on any atom is -0.380 e. The standard InChI is InChI=1S/C21H29N3O3S/c1-4-22-21(24-15-18-5-7-19(8-6-18)16-27-2)23-14-13-17-9-11-20(12-10-17)28(3,25)26/h5-12H,4,13-16H2,1-3H3,(H2,22,23,24). The smallest absolute Gasteiger partial charge is 0.191 e. The Bertz CT molecular complexity index is 861. The second kappa shape index (κ2) is 10.8. The van der Waals surface area contributed by atoms with E-state index in [-0.39, 0.29) is 0 Å². The molecule has 0 aliphatic rings. The molecule has 2 N–H and O–H groups in total. The van der Waals surface area contributed by atoms with Crippen LogP contribution in [-0.4, -0.2) is 40.8 Å². The topological polar surface area (TPSA) is 79.8 Å². The number of guanidine groups is 1. The summed E-state index contributed by atoms with van der Waals surface area (Å²) >= 11 is 0. The van der Waals surface area contributed by atoms with Crippen molar-refractivity contribution in [2.75, 3.05) is 26.5 Å². The van der Waals surface area contributed by atoms with E-state index in [2.05, 4.69) is 39.9 Å². The van der Waals surface area contributed by atoms with Crippen LogP contribution in [0.2, 0.25) is 0 Å². The number of benzene rings is 2.